The first-order chi connectivity index (χ1) is 49.7. The van der Waals surface area contributed by atoms with Crippen LogP contribution in [0.25, 0.3) is 0 Å². The minimum Gasteiger partial charge on any atom is -0.756 e. The zero-order valence-electron chi connectivity index (χ0n) is 68.1. The molecule has 0 heterocycles. The van der Waals surface area contributed by atoms with Crippen molar-refractivity contribution in [2.45, 2.75) is 406 Å². The van der Waals surface area contributed by atoms with Crippen LogP contribution in [0.2, 0.25) is 0 Å². The molecule has 0 rings (SSSR count). The van der Waals surface area contributed by atoms with Crippen LogP contribution in [0, 0.1) is 0 Å². The van der Waals surface area contributed by atoms with E-state index >= 15 is 0 Å². The molecular formula is C82H158NNaO18P2. The number of nitrogens with zero attached hydrogens (tertiary/aromatic N) is 1. The Kier molecular flexibility index (Phi) is 81.5. The number of esters is 4. The van der Waals surface area contributed by atoms with Gasteiger partial charge in [0.25, 0.3) is 15.6 Å². The number of phosphoric ester groups is 2. The number of carbonyl (C=O) groups excluding carboxylic acids is 4. The van der Waals surface area contributed by atoms with Gasteiger partial charge in [-0.2, -0.15) is 0 Å². The third-order valence-corrected chi connectivity index (χ3v) is 20.1. The van der Waals surface area contributed by atoms with Crippen LogP contribution in [0.1, 0.15) is 387 Å². The van der Waals surface area contributed by atoms with Gasteiger partial charge in [0.15, 0.2) is 12.2 Å². The molecule has 0 saturated heterocycles. The van der Waals surface area contributed by atoms with Gasteiger partial charge in [-0.15, -0.1) is 0 Å². The van der Waals surface area contributed by atoms with E-state index in [2.05, 4.69) is 56.5 Å². The van der Waals surface area contributed by atoms with Crippen LogP contribution >= 0.6 is 15.6 Å². The quantitative estimate of drug-likeness (QED) is 0.0109. The van der Waals surface area contributed by atoms with Crippen LogP contribution in [0.5, 0.6) is 0 Å². The third-order valence-electron chi connectivity index (χ3n) is 18.2. The first-order valence-electron chi connectivity index (χ1n) is 42.0. The second-order valence-corrected chi connectivity index (χ2v) is 32.5. The number of unbranched alkanes of at least 4 members (excludes halogenated alkanes) is 46. The molecule has 22 heteroatoms. The molecular weight excluding hydrogens is 1370 g/mol. The summed E-state index contributed by atoms with van der Waals surface area (Å²) < 4.78 is 66.1. The molecule has 0 aromatic rings. The van der Waals surface area contributed by atoms with E-state index in [9.17, 15) is 43.2 Å². The van der Waals surface area contributed by atoms with E-state index in [4.69, 9.17) is 37.6 Å². The van der Waals surface area contributed by atoms with Crippen LogP contribution in [0.3, 0.4) is 0 Å². The predicted molar refractivity (Wildman–Crippen MR) is 416 cm³/mol. The second kappa shape index (κ2) is 79.5. The fourth-order valence-corrected chi connectivity index (χ4v) is 13.1. The average Bonchev–Trinajstić information content (AvgIpc) is 0.964. The molecule has 19 nitrogen and oxygen atoms in total. The number of hydrogen-bond acceptors (Lipinski definition) is 18. The van der Waals surface area contributed by atoms with Gasteiger partial charge in [0.05, 0.1) is 47.6 Å². The maximum atomic E-state index is 12.6. The van der Waals surface area contributed by atoms with E-state index < -0.39 is 78.3 Å². The van der Waals surface area contributed by atoms with E-state index in [0.717, 1.165) is 109 Å². The van der Waals surface area contributed by atoms with Gasteiger partial charge in [0, 0.05) is 25.7 Å². The summed E-state index contributed by atoms with van der Waals surface area (Å²) in [5, 5.41) is 18.2. The topological polar surface area (TPSA) is 263 Å². The molecule has 0 amide bonds. The number of ether oxygens (including phenoxy) is 4. The summed E-state index contributed by atoms with van der Waals surface area (Å²) in [5.74, 6) is -1.80. The molecule has 104 heavy (non-hydrogen) atoms. The van der Waals surface area contributed by atoms with Gasteiger partial charge in [-0.1, -0.05) is 309 Å². The minimum atomic E-state index is -4.86. The van der Waals surface area contributed by atoms with E-state index in [1.165, 1.54) is 205 Å². The Morgan fingerprint density at radius 1 is 0.346 bits per heavy atom. The fraction of sp³-hybridized carbons (Fsp3) is 0.902. The normalized spacial score (nSPS) is 13.8. The Bertz CT molecular complexity index is 2070. The number of quaternary nitrogens is 1. The first-order valence-corrected chi connectivity index (χ1v) is 44.9. The molecule has 0 bridgehead atoms. The zero-order valence-corrected chi connectivity index (χ0v) is 71.9. The van der Waals surface area contributed by atoms with Crippen molar-refractivity contribution in [3.63, 3.8) is 0 Å². The number of hydrogen-bond donors (Lipinski definition) is 2. The Morgan fingerprint density at radius 2 is 0.577 bits per heavy atom. The summed E-state index contributed by atoms with van der Waals surface area (Å²) >= 11 is 0. The Labute approximate surface area is 658 Å². The zero-order chi connectivity index (χ0) is 76.3. The summed E-state index contributed by atoms with van der Waals surface area (Å²) in [5.41, 5.74) is 0. The van der Waals surface area contributed by atoms with Crippen LogP contribution in [-0.2, 0) is 65.4 Å². The maximum absolute atomic E-state index is 12.6. The third kappa shape index (κ3) is 84.5. The molecule has 0 aromatic carbocycles. The first kappa shape index (κ1) is 107. The molecule has 5 unspecified atom stereocenters. The van der Waals surface area contributed by atoms with Crippen LogP contribution in [0.4, 0.5) is 0 Å². The molecule has 610 valence electrons. The van der Waals surface area contributed by atoms with Crippen molar-refractivity contribution in [2.24, 2.45) is 0 Å². The molecule has 5 atom stereocenters. The Balaban J connectivity index is -0.00000194. The van der Waals surface area contributed by atoms with Crippen molar-refractivity contribution in [1.29, 1.82) is 0 Å². The summed E-state index contributed by atoms with van der Waals surface area (Å²) in [4.78, 5) is 74.5. The summed E-state index contributed by atoms with van der Waals surface area (Å²) in [7, 11) is -3.69. The van der Waals surface area contributed by atoms with Crippen LogP contribution < -0.4 is 39.3 Å². The van der Waals surface area contributed by atoms with Crippen molar-refractivity contribution in [1.82, 2.24) is 0 Å². The standard InChI is InChI=1S/C42H82NO8P.C40H77O10P.Na/c1-6-8-10-12-14-16-18-20-21-23-25-27-29-31-33-35-42(45)51-40(39-50-52(46,47)49-37-36-43(3,4)5)38-48-41(44)34-32-30-28-26-24-22-19-17-15-13-11-9-7-2;1-3-5-7-9-11-13-15-17-18-20-22-24-26-28-30-32-40(44)50-38(36-49-51(45,46)48-34-37(42)33-41)35-47-39(43)31-29-27-25-23-21-19-16-14-12-10-8-6-4-2;/h20-21,40H,6-19,22-39H2,1-5H3;17-18,37-38,41-42H,3-16,19-36H2,1-2H3,(H,45,46);/q;;+1/p-1/b21-20-;18-17-;. The van der Waals surface area contributed by atoms with Gasteiger partial charge >= 0.3 is 53.4 Å². The fourth-order valence-electron chi connectivity index (χ4n) is 11.6. The largest absolute Gasteiger partial charge is 1.00 e. The predicted octanol–water partition coefficient (Wildman–Crippen LogP) is 18.0. The van der Waals surface area contributed by atoms with Crippen molar-refractivity contribution >= 4 is 39.5 Å². The summed E-state index contributed by atoms with van der Waals surface area (Å²) in [6.07, 6.45) is 68.1. The van der Waals surface area contributed by atoms with Crippen molar-refractivity contribution in [3.8, 4) is 0 Å². The van der Waals surface area contributed by atoms with Gasteiger partial charge in [0.2, 0.25) is 0 Å². The molecule has 0 aliphatic heterocycles. The number of rotatable bonds is 78. The number of allylic oxidation sites excluding steroid dienone is 4. The van der Waals surface area contributed by atoms with E-state index in [1.54, 1.807) is 0 Å². The van der Waals surface area contributed by atoms with Gasteiger partial charge in [-0.25, -0.2) is 0 Å². The summed E-state index contributed by atoms with van der Waals surface area (Å²) in [6, 6.07) is 0. The average molecular weight is 1530 g/mol. The Morgan fingerprint density at radius 3 is 0.837 bits per heavy atom. The Hall–Kier alpha value is -1.54. The molecule has 0 radical (unpaired) electrons. The number of aliphatic hydroxyl groups is 2. The minimum absolute atomic E-state index is 0. The van der Waals surface area contributed by atoms with E-state index in [0.29, 0.717) is 30.3 Å². The molecule has 0 aliphatic rings. The number of phosphoric acid groups is 2. The molecule has 0 spiro atoms. The molecule has 0 aromatic heterocycles. The van der Waals surface area contributed by atoms with Crippen LogP contribution in [0.15, 0.2) is 24.3 Å². The van der Waals surface area contributed by atoms with Crippen molar-refractivity contribution in [2.75, 3.05) is 73.9 Å². The summed E-state index contributed by atoms with van der Waals surface area (Å²) in [6.45, 7) is 6.41. The van der Waals surface area contributed by atoms with Gasteiger partial charge in [0.1, 0.15) is 32.5 Å². The molecule has 2 N–H and O–H groups in total. The molecule has 0 fully saturated rings. The SMILES string of the molecule is CCCCCCCC/C=C\CCCCCCCC(=O)OC(COC(=O)CCCCCCCCCCCCCCC)COP(=O)([O-])OCC(O)CO.CCCCCCCC/C=C\CCCCCCCC(=O)OC(COC(=O)CCCCCCCCCCCCCCC)COP(=O)([O-])OCC[N+](C)(C)C.[Na+]. The van der Waals surface area contributed by atoms with Gasteiger partial charge in [-0.05, 0) is 77.0 Å². The molecule has 0 saturated carbocycles. The smallest absolute Gasteiger partial charge is 0.756 e. The molecule has 0 aliphatic carbocycles. The van der Waals surface area contributed by atoms with Crippen molar-refractivity contribution in [3.05, 3.63) is 24.3 Å². The number of carbonyl (C=O) groups is 4. The second-order valence-electron chi connectivity index (χ2n) is 29.7. The van der Waals surface area contributed by atoms with Crippen LogP contribution in [-0.4, -0.2) is 131 Å². The van der Waals surface area contributed by atoms with E-state index in [1.807, 2.05) is 21.1 Å². The number of aliphatic hydroxyl groups excluding tert-OH is 2. The van der Waals surface area contributed by atoms with E-state index in [-0.39, 0.29) is 81.0 Å². The van der Waals surface area contributed by atoms with Gasteiger partial charge < -0.3 is 61.5 Å². The monoisotopic (exact) mass is 1530 g/mol. The van der Waals surface area contributed by atoms with Gasteiger partial charge in [-0.3, -0.25) is 28.3 Å². The number of likely N-dealkylation sites (N-methyl/N-ethyl adjacent to an activating group) is 1. The van der Waals surface area contributed by atoms with Crippen molar-refractivity contribution < 1.29 is 119 Å². The maximum Gasteiger partial charge on any atom is 1.00 e.